The highest BCUT2D eigenvalue weighted by atomic mass is 16.5. The maximum Gasteiger partial charge on any atom is 0.257 e. The lowest BCUT2D eigenvalue weighted by Gasteiger charge is -2.19. The summed E-state index contributed by atoms with van der Waals surface area (Å²) in [6.07, 6.45) is 0.500. The topological polar surface area (TPSA) is 49.8 Å². The molecule has 0 spiro atoms. The molecule has 4 heteroatoms. The number of aliphatic hydroxyl groups is 1. The van der Waals surface area contributed by atoms with Gasteiger partial charge in [-0.25, -0.2) is 0 Å². The van der Waals surface area contributed by atoms with Crippen molar-refractivity contribution in [3.63, 3.8) is 0 Å². The summed E-state index contributed by atoms with van der Waals surface area (Å²) >= 11 is 0. The van der Waals surface area contributed by atoms with Gasteiger partial charge in [0.25, 0.3) is 5.91 Å². The van der Waals surface area contributed by atoms with E-state index >= 15 is 0 Å². The molecule has 1 aliphatic heterocycles. The summed E-state index contributed by atoms with van der Waals surface area (Å²) in [4.78, 5) is 14.3. The van der Waals surface area contributed by atoms with Crippen LogP contribution in [0.15, 0.2) is 24.3 Å². The smallest absolute Gasteiger partial charge is 0.257 e. The average molecular weight is 263 g/mol. The van der Waals surface area contributed by atoms with Crippen molar-refractivity contribution in [2.24, 2.45) is 5.92 Å². The molecular formula is C15H21NO3. The first-order valence-corrected chi connectivity index (χ1v) is 6.82. The van der Waals surface area contributed by atoms with Gasteiger partial charge in [-0.1, -0.05) is 12.1 Å². The molecule has 0 radical (unpaired) electrons. The predicted molar refractivity (Wildman–Crippen MR) is 73.3 cm³/mol. The van der Waals surface area contributed by atoms with E-state index in [-0.39, 0.29) is 17.9 Å². The van der Waals surface area contributed by atoms with Crippen LogP contribution in [0.1, 0.15) is 30.6 Å². The molecule has 1 heterocycles. The van der Waals surface area contributed by atoms with Crippen molar-refractivity contribution in [3.05, 3.63) is 29.8 Å². The fourth-order valence-corrected chi connectivity index (χ4v) is 2.46. The van der Waals surface area contributed by atoms with E-state index in [1.807, 2.05) is 25.1 Å². The molecule has 2 rings (SSSR count). The summed E-state index contributed by atoms with van der Waals surface area (Å²) in [6, 6.07) is 7.32. The zero-order valence-electron chi connectivity index (χ0n) is 11.5. The van der Waals surface area contributed by atoms with E-state index in [9.17, 15) is 9.90 Å². The van der Waals surface area contributed by atoms with Gasteiger partial charge >= 0.3 is 0 Å². The van der Waals surface area contributed by atoms with Crippen LogP contribution < -0.4 is 4.74 Å². The summed E-state index contributed by atoms with van der Waals surface area (Å²) < 4.78 is 5.50. The Hall–Kier alpha value is -1.55. The molecule has 1 aromatic rings. The fraction of sp³-hybridized carbons (Fsp3) is 0.533. The third-order valence-corrected chi connectivity index (χ3v) is 3.61. The lowest BCUT2D eigenvalue weighted by atomic mass is 10.0. The number of hydrogen-bond donors (Lipinski definition) is 1. The van der Waals surface area contributed by atoms with Crippen LogP contribution in [0.25, 0.3) is 0 Å². The predicted octanol–water partition coefficient (Wildman–Crippen LogP) is 1.93. The fourth-order valence-electron chi connectivity index (χ4n) is 2.46. The van der Waals surface area contributed by atoms with E-state index < -0.39 is 0 Å². The molecule has 1 saturated heterocycles. The average Bonchev–Trinajstić information content (AvgIpc) is 2.89. The molecule has 0 aliphatic carbocycles. The van der Waals surface area contributed by atoms with Gasteiger partial charge in [0.1, 0.15) is 5.75 Å². The highest BCUT2D eigenvalue weighted by Crippen LogP contribution is 2.25. The molecule has 2 unspecified atom stereocenters. The first kappa shape index (κ1) is 13.9. The van der Waals surface area contributed by atoms with Crippen LogP contribution in [-0.4, -0.2) is 41.7 Å². The monoisotopic (exact) mass is 263 g/mol. The van der Waals surface area contributed by atoms with Crippen LogP contribution in [0.3, 0.4) is 0 Å². The zero-order valence-corrected chi connectivity index (χ0v) is 11.5. The Bertz CT molecular complexity index is 445. The Morgan fingerprint density at radius 1 is 1.53 bits per heavy atom. The van der Waals surface area contributed by atoms with Crippen LogP contribution in [0.5, 0.6) is 5.75 Å². The molecule has 2 atom stereocenters. The molecule has 104 valence electrons. The standard InChI is InChI=1S/C15H21NO3/c1-3-19-14-7-5-4-6-13(14)15(18)16-9-8-12(10-16)11(2)17/h4-7,11-12,17H,3,8-10H2,1-2H3. The summed E-state index contributed by atoms with van der Waals surface area (Å²) in [7, 11) is 0. The number of ether oxygens (including phenoxy) is 1. The van der Waals surface area contributed by atoms with Crippen molar-refractivity contribution in [1.29, 1.82) is 0 Å². The Labute approximate surface area is 114 Å². The van der Waals surface area contributed by atoms with Crippen molar-refractivity contribution in [1.82, 2.24) is 4.90 Å². The van der Waals surface area contributed by atoms with Crippen molar-refractivity contribution in [3.8, 4) is 5.75 Å². The van der Waals surface area contributed by atoms with Crippen LogP contribution in [0.2, 0.25) is 0 Å². The number of aliphatic hydroxyl groups excluding tert-OH is 1. The Balaban J connectivity index is 2.12. The van der Waals surface area contributed by atoms with Gasteiger partial charge in [-0.05, 0) is 32.4 Å². The second kappa shape index (κ2) is 6.06. The van der Waals surface area contributed by atoms with Crippen molar-refractivity contribution < 1.29 is 14.6 Å². The second-order valence-electron chi connectivity index (χ2n) is 4.97. The third kappa shape index (κ3) is 3.07. The molecule has 4 nitrogen and oxygen atoms in total. The van der Waals surface area contributed by atoms with Crippen LogP contribution >= 0.6 is 0 Å². The van der Waals surface area contributed by atoms with Gasteiger partial charge in [-0.2, -0.15) is 0 Å². The van der Waals surface area contributed by atoms with Gasteiger partial charge in [0.05, 0.1) is 18.3 Å². The number of benzene rings is 1. The lowest BCUT2D eigenvalue weighted by molar-refractivity contribution is 0.0758. The Morgan fingerprint density at radius 2 is 2.26 bits per heavy atom. The largest absolute Gasteiger partial charge is 0.493 e. The summed E-state index contributed by atoms with van der Waals surface area (Å²) in [6.45, 7) is 5.56. The van der Waals surface area contributed by atoms with Gasteiger partial charge < -0.3 is 14.7 Å². The number of amides is 1. The molecule has 0 saturated carbocycles. The minimum Gasteiger partial charge on any atom is -0.493 e. The number of nitrogens with zero attached hydrogens (tertiary/aromatic N) is 1. The van der Waals surface area contributed by atoms with Crippen molar-refractivity contribution >= 4 is 5.91 Å². The molecule has 0 aromatic heterocycles. The molecule has 1 aromatic carbocycles. The van der Waals surface area contributed by atoms with E-state index in [0.29, 0.717) is 31.0 Å². The molecule has 19 heavy (non-hydrogen) atoms. The number of para-hydroxylation sites is 1. The first-order valence-electron chi connectivity index (χ1n) is 6.82. The highest BCUT2D eigenvalue weighted by molar-refractivity contribution is 5.97. The number of carbonyl (C=O) groups excluding carboxylic acids is 1. The van der Waals surface area contributed by atoms with Gasteiger partial charge in [0.15, 0.2) is 0 Å². The molecule has 1 aliphatic rings. The van der Waals surface area contributed by atoms with Crippen LogP contribution in [0, 0.1) is 5.92 Å². The van der Waals surface area contributed by atoms with Gasteiger partial charge in [-0.3, -0.25) is 4.79 Å². The minimum atomic E-state index is -0.361. The van der Waals surface area contributed by atoms with E-state index in [1.165, 1.54) is 0 Å². The van der Waals surface area contributed by atoms with Gasteiger partial charge in [-0.15, -0.1) is 0 Å². The van der Waals surface area contributed by atoms with Gasteiger partial charge in [0.2, 0.25) is 0 Å². The first-order chi connectivity index (χ1) is 9.13. The normalized spacial score (nSPS) is 20.4. The lowest BCUT2D eigenvalue weighted by Crippen LogP contribution is -2.30. The van der Waals surface area contributed by atoms with E-state index in [1.54, 1.807) is 17.9 Å². The third-order valence-electron chi connectivity index (χ3n) is 3.61. The van der Waals surface area contributed by atoms with Gasteiger partial charge in [0, 0.05) is 19.0 Å². The van der Waals surface area contributed by atoms with E-state index in [0.717, 1.165) is 6.42 Å². The second-order valence-corrected chi connectivity index (χ2v) is 4.97. The number of likely N-dealkylation sites (tertiary alicyclic amines) is 1. The van der Waals surface area contributed by atoms with E-state index in [2.05, 4.69) is 0 Å². The molecule has 0 bridgehead atoms. The van der Waals surface area contributed by atoms with Crippen molar-refractivity contribution in [2.45, 2.75) is 26.4 Å². The van der Waals surface area contributed by atoms with Crippen LogP contribution in [0.4, 0.5) is 0 Å². The summed E-state index contributed by atoms with van der Waals surface area (Å²) in [5.74, 6) is 0.811. The summed E-state index contributed by atoms with van der Waals surface area (Å²) in [5, 5.41) is 9.60. The highest BCUT2D eigenvalue weighted by Gasteiger charge is 2.30. The van der Waals surface area contributed by atoms with Crippen LogP contribution in [-0.2, 0) is 0 Å². The number of rotatable bonds is 4. The minimum absolute atomic E-state index is 0.00722. The molecule has 1 fully saturated rings. The number of hydrogen-bond acceptors (Lipinski definition) is 3. The van der Waals surface area contributed by atoms with Crippen molar-refractivity contribution in [2.75, 3.05) is 19.7 Å². The number of carbonyl (C=O) groups is 1. The SMILES string of the molecule is CCOc1ccccc1C(=O)N1CCC(C(C)O)C1. The molecule has 1 N–H and O–H groups in total. The Kier molecular flexibility index (Phi) is 4.43. The quantitative estimate of drug-likeness (QED) is 0.903. The maximum absolute atomic E-state index is 12.5. The summed E-state index contributed by atoms with van der Waals surface area (Å²) in [5.41, 5.74) is 0.607. The molecular weight excluding hydrogens is 242 g/mol. The van der Waals surface area contributed by atoms with E-state index in [4.69, 9.17) is 4.74 Å². The maximum atomic E-state index is 12.5. The molecule has 1 amide bonds. The Morgan fingerprint density at radius 3 is 2.89 bits per heavy atom. The zero-order chi connectivity index (χ0) is 13.8.